The van der Waals surface area contributed by atoms with Crippen LogP contribution in [0.2, 0.25) is 0 Å². The zero-order valence-corrected chi connectivity index (χ0v) is 21.4. The molecule has 0 aliphatic carbocycles. The number of benzene rings is 3. The molecule has 2 atom stereocenters. The topological polar surface area (TPSA) is 105 Å². The first-order valence-corrected chi connectivity index (χ1v) is 12.5. The van der Waals surface area contributed by atoms with Gasteiger partial charge in [0.2, 0.25) is 0 Å². The molecule has 5 N–H and O–H groups in total. The van der Waals surface area contributed by atoms with E-state index in [1.807, 2.05) is 69.3 Å². The van der Waals surface area contributed by atoms with Gasteiger partial charge >= 0.3 is 5.97 Å². The van der Waals surface area contributed by atoms with E-state index in [9.17, 15) is 15.0 Å². The summed E-state index contributed by atoms with van der Waals surface area (Å²) in [7, 11) is 0. The van der Waals surface area contributed by atoms with Gasteiger partial charge in [0.15, 0.2) is 0 Å². The second-order valence-corrected chi connectivity index (χ2v) is 9.81. The molecule has 0 aromatic heterocycles. The average Bonchev–Trinajstić information content (AvgIpc) is 2.87. The van der Waals surface area contributed by atoms with Crippen LogP contribution in [0.25, 0.3) is 0 Å². The van der Waals surface area contributed by atoms with Crippen molar-refractivity contribution in [2.75, 3.05) is 5.73 Å². The normalized spacial score (nSPS) is 13.2. The number of nitrogen functional groups attached to an aromatic ring is 1. The molecule has 0 saturated heterocycles. The highest BCUT2D eigenvalue weighted by Crippen LogP contribution is 2.23. The lowest BCUT2D eigenvalue weighted by Gasteiger charge is -2.28. The number of phenols is 1. The van der Waals surface area contributed by atoms with Crippen molar-refractivity contribution in [3.63, 3.8) is 0 Å². The highest BCUT2D eigenvalue weighted by Gasteiger charge is 2.28. The molecule has 36 heavy (non-hydrogen) atoms. The van der Waals surface area contributed by atoms with Gasteiger partial charge in [-0.1, -0.05) is 55.5 Å². The standard InChI is InChI=1S/C30H38N2O4/c1-4-30(2,3)36-29(35)27(19-13-21-8-6-5-7-9-21)32-28(34)24-15-18-26(31)23(20-24)14-10-22-11-16-25(33)17-12-22/h5-9,11-12,15-18,20,27-28,32-34H,4,10,13-14,19,31H2,1-3H3/t27-,28+/m0/s1. The number of ether oxygens (including phenoxy) is 1. The molecular weight excluding hydrogens is 452 g/mol. The Morgan fingerprint density at radius 1 is 0.972 bits per heavy atom. The van der Waals surface area contributed by atoms with E-state index in [1.54, 1.807) is 24.3 Å². The zero-order chi connectivity index (χ0) is 26.1. The number of phenolic OH excluding ortho intramolecular Hbond substituents is 1. The number of hydrogen-bond donors (Lipinski definition) is 4. The summed E-state index contributed by atoms with van der Waals surface area (Å²) >= 11 is 0. The number of aryl methyl sites for hydroxylation is 3. The number of nitrogens with one attached hydrogen (secondary N) is 1. The third kappa shape index (κ3) is 8.11. The Bertz CT molecular complexity index is 1110. The summed E-state index contributed by atoms with van der Waals surface area (Å²) in [6.45, 7) is 5.74. The van der Waals surface area contributed by atoms with Crippen LogP contribution >= 0.6 is 0 Å². The maximum Gasteiger partial charge on any atom is 0.323 e. The molecule has 0 saturated carbocycles. The predicted molar refractivity (Wildman–Crippen MR) is 143 cm³/mol. The Balaban J connectivity index is 1.72. The summed E-state index contributed by atoms with van der Waals surface area (Å²) in [6, 6.07) is 21.8. The molecule has 192 valence electrons. The number of esters is 1. The fraction of sp³-hybridized carbons (Fsp3) is 0.367. The van der Waals surface area contributed by atoms with Gasteiger partial charge in [-0.3, -0.25) is 10.1 Å². The minimum atomic E-state index is -1.06. The highest BCUT2D eigenvalue weighted by molar-refractivity contribution is 5.76. The molecule has 3 aromatic rings. The smallest absolute Gasteiger partial charge is 0.323 e. The van der Waals surface area contributed by atoms with E-state index in [0.717, 1.165) is 23.1 Å². The second-order valence-electron chi connectivity index (χ2n) is 9.81. The van der Waals surface area contributed by atoms with Crippen molar-refractivity contribution in [1.82, 2.24) is 5.32 Å². The number of carbonyl (C=O) groups is 1. The van der Waals surface area contributed by atoms with Gasteiger partial charge in [0.25, 0.3) is 0 Å². The van der Waals surface area contributed by atoms with Crippen LogP contribution in [0.5, 0.6) is 5.75 Å². The fourth-order valence-corrected chi connectivity index (χ4v) is 3.88. The zero-order valence-electron chi connectivity index (χ0n) is 21.4. The highest BCUT2D eigenvalue weighted by atomic mass is 16.6. The number of carbonyl (C=O) groups excluding carboxylic acids is 1. The second kappa shape index (κ2) is 12.6. The minimum Gasteiger partial charge on any atom is -0.508 e. The molecule has 0 spiro atoms. The molecular formula is C30H38N2O4. The largest absolute Gasteiger partial charge is 0.508 e. The van der Waals surface area contributed by atoms with Crippen LogP contribution in [0, 0.1) is 0 Å². The number of anilines is 1. The fourth-order valence-electron chi connectivity index (χ4n) is 3.88. The molecule has 0 radical (unpaired) electrons. The van der Waals surface area contributed by atoms with Gasteiger partial charge in [-0.25, -0.2) is 0 Å². The van der Waals surface area contributed by atoms with Crippen molar-refractivity contribution in [3.05, 3.63) is 95.1 Å². The molecule has 6 heteroatoms. The van der Waals surface area contributed by atoms with Gasteiger partial charge in [0.1, 0.15) is 23.6 Å². The Kier molecular flexibility index (Phi) is 9.51. The summed E-state index contributed by atoms with van der Waals surface area (Å²) < 4.78 is 5.76. The van der Waals surface area contributed by atoms with Crippen molar-refractivity contribution in [2.24, 2.45) is 0 Å². The molecule has 6 nitrogen and oxygen atoms in total. The van der Waals surface area contributed by atoms with Gasteiger partial charge in [0.05, 0.1) is 0 Å². The lowest BCUT2D eigenvalue weighted by Crippen LogP contribution is -2.43. The van der Waals surface area contributed by atoms with Crippen molar-refractivity contribution in [3.8, 4) is 5.75 Å². The third-order valence-corrected chi connectivity index (χ3v) is 6.54. The van der Waals surface area contributed by atoms with Crippen LogP contribution in [0.1, 0.15) is 62.1 Å². The number of rotatable bonds is 12. The van der Waals surface area contributed by atoms with Gasteiger partial charge in [-0.2, -0.15) is 0 Å². The minimum absolute atomic E-state index is 0.233. The van der Waals surface area contributed by atoms with E-state index in [2.05, 4.69) is 5.32 Å². The number of nitrogens with two attached hydrogens (primary N) is 1. The van der Waals surface area contributed by atoms with Gasteiger partial charge < -0.3 is 20.7 Å². The van der Waals surface area contributed by atoms with E-state index < -0.39 is 17.9 Å². The summed E-state index contributed by atoms with van der Waals surface area (Å²) in [5.41, 5.74) is 10.0. The van der Waals surface area contributed by atoms with Crippen molar-refractivity contribution in [1.29, 1.82) is 0 Å². The van der Waals surface area contributed by atoms with Gasteiger partial charge in [0, 0.05) is 5.69 Å². The molecule has 0 aliphatic heterocycles. The molecule has 0 heterocycles. The number of aliphatic hydroxyl groups is 1. The Labute approximate surface area is 214 Å². The lowest BCUT2D eigenvalue weighted by molar-refractivity contribution is -0.160. The molecule has 3 aromatic carbocycles. The van der Waals surface area contributed by atoms with Crippen LogP contribution in [-0.4, -0.2) is 27.8 Å². The molecule has 0 bridgehead atoms. The monoisotopic (exact) mass is 490 g/mol. The van der Waals surface area contributed by atoms with E-state index in [0.29, 0.717) is 36.9 Å². The first-order valence-electron chi connectivity index (χ1n) is 12.5. The van der Waals surface area contributed by atoms with Crippen LogP contribution < -0.4 is 11.1 Å². The van der Waals surface area contributed by atoms with E-state index in [-0.39, 0.29) is 11.7 Å². The molecule has 0 amide bonds. The maximum absolute atomic E-state index is 13.1. The van der Waals surface area contributed by atoms with Crippen molar-refractivity contribution in [2.45, 2.75) is 70.7 Å². The van der Waals surface area contributed by atoms with E-state index in [1.165, 1.54) is 0 Å². The van der Waals surface area contributed by atoms with Crippen LogP contribution in [0.3, 0.4) is 0 Å². The molecule has 0 fully saturated rings. The first kappa shape index (κ1) is 27.2. The molecule has 0 aliphatic rings. The van der Waals surface area contributed by atoms with Crippen LogP contribution in [0.4, 0.5) is 5.69 Å². The Hall–Kier alpha value is -3.35. The van der Waals surface area contributed by atoms with E-state index in [4.69, 9.17) is 10.5 Å². The quantitative estimate of drug-likeness (QED) is 0.160. The van der Waals surface area contributed by atoms with Crippen molar-refractivity contribution >= 4 is 11.7 Å². The Morgan fingerprint density at radius 2 is 1.64 bits per heavy atom. The predicted octanol–water partition coefficient (Wildman–Crippen LogP) is 5.07. The SMILES string of the molecule is CCC(C)(C)OC(=O)[C@H](CCc1ccccc1)N[C@H](O)c1ccc(N)c(CCc2ccc(O)cc2)c1. The van der Waals surface area contributed by atoms with E-state index >= 15 is 0 Å². The van der Waals surface area contributed by atoms with Crippen LogP contribution in [-0.2, 0) is 28.8 Å². The number of aromatic hydroxyl groups is 1. The Morgan fingerprint density at radius 3 is 2.31 bits per heavy atom. The maximum atomic E-state index is 13.1. The number of aliphatic hydroxyl groups excluding tert-OH is 1. The third-order valence-electron chi connectivity index (χ3n) is 6.54. The molecule has 3 rings (SSSR count). The van der Waals surface area contributed by atoms with Crippen molar-refractivity contribution < 1.29 is 19.7 Å². The van der Waals surface area contributed by atoms with Crippen LogP contribution in [0.15, 0.2) is 72.8 Å². The molecule has 0 unspecified atom stereocenters. The summed E-state index contributed by atoms with van der Waals surface area (Å²) in [6.07, 6.45) is 2.22. The average molecular weight is 491 g/mol. The first-order chi connectivity index (χ1) is 17.2. The summed E-state index contributed by atoms with van der Waals surface area (Å²) in [5.74, 6) is -0.142. The van der Waals surface area contributed by atoms with Gasteiger partial charge in [-0.05, 0) is 92.5 Å². The number of hydrogen-bond acceptors (Lipinski definition) is 6. The van der Waals surface area contributed by atoms with Gasteiger partial charge in [-0.15, -0.1) is 0 Å². The summed E-state index contributed by atoms with van der Waals surface area (Å²) in [4.78, 5) is 13.1. The summed E-state index contributed by atoms with van der Waals surface area (Å²) in [5, 5.41) is 23.6. The lowest BCUT2D eigenvalue weighted by atomic mass is 9.99.